The van der Waals surface area contributed by atoms with Gasteiger partial charge in [-0.3, -0.25) is 19.3 Å². The van der Waals surface area contributed by atoms with Crippen LogP contribution in [-0.4, -0.2) is 29.2 Å². The molecule has 2 unspecified atom stereocenters. The summed E-state index contributed by atoms with van der Waals surface area (Å²) in [6, 6.07) is 13.9. The summed E-state index contributed by atoms with van der Waals surface area (Å²) in [5.41, 5.74) is 0.426. The number of rotatable bonds is 5. The molecule has 1 aliphatic carbocycles. The lowest BCUT2D eigenvalue weighted by atomic mass is 9.85. The van der Waals surface area contributed by atoms with E-state index in [4.69, 9.17) is 16.3 Å². The molecule has 1 fully saturated rings. The highest BCUT2D eigenvalue weighted by Crippen LogP contribution is 2.36. The number of allylic oxidation sites excluding steroid dienone is 2. The van der Waals surface area contributed by atoms with Gasteiger partial charge in [0.15, 0.2) is 5.75 Å². The van der Waals surface area contributed by atoms with Crippen molar-refractivity contribution in [3.63, 3.8) is 0 Å². The van der Waals surface area contributed by atoms with Gasteiger partial charge in [0, 0.05) is 0 Å². The van der Waals surface area contributed by atoms with Gasteiger partial charge in [0.1, 0.15) is 12.3 Å². The first kappa shape index (κ1) is 19.2. The molecule has 29 heavy (non-hydrogen) atoms. The zero-order valence-electron chi connectivity index (χ0n) is 15.5. The number of likely N-dealkylation sites (tertiary alicyclic amines) is 1. The van der Waals surface area contributed by atoms with E-state index in [0.717, 1.165) is 4.90 Å². The van der Waals surface area contributed by atoms with Crippen LogP contribution in [0.5, 0.6) is 11.5 Å². The van der Waals surface area contributed by atoms with Crippen molar-refractivity contribution in [1.29, 1.82) is 0 Å². The van der Waals surface area contributed by atoms with E-state index in [1.165, 1.54) is 0 Å². The van der Waals surface area contributed by atoms with Gasteiger partial charge >= 0.3 is 0 Å². The second-order valence-electron chi connectivity index (χ2n) is 7.00. The van der Waals surface area contributed by atoms with E-state index < -0.39 is 5.91 Å². The van der Waals surface area contributed by atoms with Gasteiger partial charge in [0.2, 0.25) is 17.7 Å². The van der Waals surface area contributed by atoms with Gasteiger partial charge in [-0.2, -0.15) is 0 Å². The van der Waals surface area contributed by atoms with Gasteiger partial charge in [-0.1, -0.05) is 48.0 Å². The monoisotopic (exact) mass is 410 g/mol. The molecular weight excluding hydrogens is 392 g/mol. The first-order valence-electron chi connectivity index (χ1n) is 9.36. The Morgan fingerprint density at radius 1 is 0.966 bits per heavy atom. The van der Waals surface area contributed by atoms with E-state index in [0.29, 0.717) is 35.1 Å². The second kappa shape index (κ2) is 8.09. The van der Waals surface area contributed by atoms with E-state index in [9.17, 15) is 14.4 Å². The summed E-state index contributed by atoms with van der Waals surface area (Å²) in [7, 11) is 0. The molecule has 2 atom stereocenters. The van der Waals surface area contributed by atoms with Crippen molar-refractivity contribution in [2.45, 2.75) is 12.8 Å². The fourth-order valence-electron chi connectivity index (χ4n) is 3.66. The second-order valence-corrected chi connectivity index (χ2v) is 7.40. The average molecular weight is 411 g/mol. The van der Waals surface area contributed by atoms with Crippen LogP contribution in [0, 0.1) is 11.8 Å². The van der Waals surface area contributed by atoms with Crippen molar-refractivity contribution < 1.29 is 19.1 Å². The number of nitrogens with one attached hydrogen (secondary N) is 1. The van der Waals surface area contributed by atoms with E-state index in [1.807, 2.05) is 12.2 Å². The molecule has 148 valence electrons. The Labute approximate surface area is 173 Å². The van der Waals surface area contributed by atoms with Crippen LogP contribution < -0.4 is 10.1 Å². The van der Waals surface area contributed by atoms with E-state index in [2.05, 4.69) is 5.32 Å². The number of amides is 3. The Morgan fingerprint density at radius 3 is 2.21 bits per heavy atom. The van der Waals surface area contributed by atoms with Crippen LogP contribution in [0.4, 0.5) is 5.69 Å². The Bertz CT molecular complexity index is 978. The number of carbonyl (C=O) groups is 3. The third kappa shape index (κ3) is 3.89. The number of fused-ring (bicyclic) bond motifs is 1. The van der Waals surface area contributed by atoms with E-state index in [1.54, 1.807) is 48.5 Å². The van der Waals surface area contributed by atoms with Crippen LogP contribution in [0.1, 0.15) is 12.8 Å². The molecule has 0 bridgehead atoms. The highest BCUT2D eigenvalue weighted by atomic mass is 35.5. The average Bonchev–Trinajstić information content (AvgIpc) is 2.96. The van der Waals surface area contributed by atoms with Crippen LogP contribution in [0.2, 0.25) is 5.02 Å². The topological polar surface area (TPSA) is 75.7 Å². The Kier molecular flexibility index (Phi) is 5.36. The van der Waals surface area contributed by atoms with Gasteiger partial charge in [-0.15, -0.1) is 0 Å². The summed E-state index contributed by atoms with van der Waals surface area (Å²) in [6.45, 7) is -0.314. The number of hydrogen-bond donors (Lipinski definition) is 1. The molecule has 1 heterocycles. The summed E-state index contributed by atoms with van der Waals surface area (Å²) in [4.78, 5) is 38.7. The Hall–Kier alpha value is -3.12. The van der Waals surface area contributed by atoms with Gasteiger partial charge in [-0.25, -0.2) is 0 Å². The third-order valence-corrected chi connectivity index (χ3v) is 5.43. The zero-order chi connectivity index (χ0) is 20.4. The molecule has 0 saturated carbocycles. The molecule has 2 aromatic carbocycles. The molecule has 3 amide bonds. The Morgan fingerprint density at radius 2 is 1.55 bits per heavy atom. The number of para-hydroxylation sites is 3. The van der Waals surface area contributed by atoms with Crippen molar-refractivity contribution in [3.8, 4) is 11.5 Å². The maximum atomic E-state index is 12.6. The molecule has 0 aromatic heterocycles. The summed E-state index contributed by atoms with van der Waals surface area (Å²) in [5, 5.41) is 3.17. The molecule has 2 aliphatic rings. The molecule has 1 N–H and O–H groups in total. The van der Waals surface area contributed by atoms with Gasteiger partial charge < -0.3 is 10.1 Å². The van der Waals surface area contributed by atoms with Gasteiger partial charge in [0.25, 0.3) is 0 Å². The lowest BCUT2D eigenvalue weighted by Crippen LogP contribution is -2.38. The maximum absolute atomic E-state index is 12.6. The highest BCUT2D eigenvalue weighted by Gasteiger charge is 2.47. The summed E-state index contributed by atoms with van der Waals surface area (Å²) >= 11 is 6.14. The molecule has 0 radical (unpaired) electrons. The van der Waals surface area contributed by atoms with Crippen molar-refractivity contribution in [2.24, 2.45) is 11.8 Å². The lowest BCUT2D eigenvalue weighted by molar-refractivity contribution is -0.142. The molecule has 0 spiro atoms. The smallest absolute Gasteiger partial charge is 0.244 e. The quantitative estimate of drug-likeness (QED) is 0.596. The van der Waals surface area contributed by atoms with Crippen molar-refractivity contribution in [1.82, 2.24) is 4.90 Å². The number of benzene rings is 2. The normalized spacial score (nSPS) is 20.5. The van der Waals surface area contributed by atoms with Crippen molar-refractivity contribution in [2.75, 3.05) is 11.9 Å². The summed E-state index contributed by atoms with van der Waals surface area (Å²) in [5.74, 6) is -0.857. The maximum Gasteiger partial charge on any atom is 0.244 e. The fourth-order valence-corrected chi connectivity index (χ4v) is 3.84. The minimum absolute atomic E-state index is 0.278. The predicted octanol–water partition coefficient (Wildman–Crippen LogP) is 4.02. The van der Waals surface area contributed by atoms with E-state index in [-0.39, 0.29) is 30.2 Å². The molecule has 1 saturated heterocycles. The number of imide groups is 1. The van der Waals surface area contributed by atoms with Crippen LogP contribution in [0.15, 0.2) is 60.7 Å². The first-order valence-corrected chi connectivity index (χ1v) is 9.74. The minimum atomic E-state index is -0.464. The van der Waals surface area contributed by atoms with Gasteiger partial charge in [0.05, 0.1) is 22.5 Å². The number of carbonyl (C=O) groups excluding carboxylic acids is 3. The number of anilines is 1. The predicted molar refractivity (Wildman–Crippen MR) is 109 cm³/mol. The number of ether oxygens (including phenoxy) is 1. The standard InChI is InChI=1S/C22H19ClN2O4/c23-16-9-3-5-11-18(16)29-19-12-6-4-10-17(19)24-20(26)13-25-21(27)14-7-1-2-8-15(14)22(25)28/h1-6,9-12,14-15H,7-8,13H2,(H,24,26). The number of nitrogens with zero attached hydrogens (tertiary/aromatic N) is 1. The molecular formula is C22H19ClN2O4. The fraction of sp³-hybridized carbons (Fsp3) is 0.227. The zero-order valence-corrected chi connectivity index (χ0v) is 16.3. The summed E-state index contributed by atoms with van der Waals surface area (Å²) in [6.07, 6.45) is 4.92. The molecule has 2 aromatic rings. The minimum Gasteiger partial charge on any atom is -0.454 e. The molecule has 7 heteroatoms. The third-order valence-electron chi connectivity index (χ3n) is 5.12. The van der Waals surface area contributed by atoms with Crippen molar-refractivity contribution >= 4 is 35.0 Å². The molecule has 4 rings (SSSR count). The van der Waals surface area contributed by atoms with Crippen LogP contribution >= 0.6 is 11.6 Å². The summed E-state index contributed by atoms with van der Waals surface area (Å²) < 4.78 is 5.83. The SMILES string of the molecule is O=C(CN1C(=O)C2CC=CCC2C1=O)Nc1ccccc1Oc1ccccc1Cl. The number of hydrogen-bond acceptors (Lipinski definition) is 4. The van der Waals surface area contributed by atoms with E-state index >= 15 is 0 Å². The molecule has 1 aliphatic heterocycles. The van der Waals surface area contributed by atoms with Crippen LogP contribution in [-0.2, 0) is 14.4 Å². The largest absolute Gasteiger partial charge is 0.454 e. The number of halogens is 1. The van der Waals surface area contributed by atoms with Crippen molar-refractivity contribution in [3.05, 3.63) is 65.7 Å². The highest BCUT2D eigenvalue weighted by molar-refractivity contribution is 6.32. The Balaban J connectivity index is 1.46. The first-order chi connectivity index (χ1) is 14.0. The van der Waals surface area contributed by atoms with Gasteiger partial charge in [-0.05, 0) is 37.1 Å². The van der Waals surface area contributed by atoms with Crippen LogP contribution in [0.25, 0.3) is 0 Å². The van der Waals surface area contributed by atoms with Crippen LogP contribution in [0.3, 0.4) is 0 Å². The lowest BCUT2D eigenvalue weighted by Gasteiger charge is -2.16. The molecule has 6 nitrogen and oxygen atoms in total.